The van der Waals surface area contributed by atoms with E-state index in [0.717, 1.165) is 5.56 Å². The number of amides is 2. The van der Waals surface area contributed by atoms with Crippen LogP contribution in [0.2, 0.25) is 0 Å². The first-order chi connectivity index (χ1) is 11.0. The Morgan fingerprint density at radius 2 is 2.00 bits per heavy atom. The van der Waals surface area contributed by atoms with Gasteiger partial charge in [-0.3, -0.25) is 9.59 Å². The second-order valence-electron chi connectivity index (χ2n) is 6.11. The molecule has 0 aliphatic carbocycles. The standard InChI is InChI=1S/C18H24N2O3/c1-4-10-19-17(21)14(11-12(2)3)20-18(22)16-15(23-16)13-8-6-5-7-9-13/h4-9,12,14-16H,1,10-11H2,2-3H3,(H,19,21)(H,20,22)/t14-,15?,16?/m0/s1. The minimum absolute atomic E-state index is 0.191. The Morgan fingerprint density at radius 1 is 1.30 bits per heavy atom. The third kappa shape index (κ3) is 4.93. The number of rotatable bonds is 8. The van der Waals surface area contributed by atoms with Crippen LogP contribution in [0.15, 0.2) is 43.0 Å². The van der Waals surface area contributed by atoms with E-state index in [1.807, 2.05) is 44.2 Å². The lowest BCUT2D eigenvalue weighted by Crippen LogP contribution is -2.48. The maximum Gasteiger partial charge on any atom is 0.252 e. The Hall–Kier alpha value is -2.14. The van der Waals surface area contributed by atoms with Gasteiger partial charge in [0.15, 0.2) is 6.10 Å². The van der Waals surface area contributed by atoms with Gasteiger partial charge in [-0.05, 0) is 17.9 Å². The molecular weight excluding hydrogens is 292 g/mol. The molecule has 2 amide bonds. The summed E-state index contributed by atoms with van der Waals surface area (Å²) in [6, 6.07) is 9.06. The normalized spacial score (nSPS) is 20.7. The minimum Gasteiger partial charge on any atom is -0.354 e. The number of ether oxygens (including phenoxy) is 1. The Balaban J connectivity index is 1.93. The lowest BCUT2D eigenvalue weighted by molar-refractivity contribution is -0.129. The molecule has 3 atom stereocenters. The first kappa shape index (κ1) is 17.2. The molecule has 0 bridgehead atoms. The minimum atomic E-state index is -0.553. The fourth-order valence-corrected chi connectivity index (χ4v) is 2.46. The molecule has 23 heavy (non-hydrogen) atoms. The SMILES string of the molecule is C=CCNC(=O)[C@H](CC(C)C)NC(=O)C1OC1c1ccccc1. The van der Waals surface area contributed by atoms with Crippen molar-refractivity contribution in [2.75, 3.05) is 6.54 Å². The van der Waals surface area contributed by atoms with Crippen molar-refractivity contribution in [1.82, 2.24) is 10.6 Å². The second-order valence-corrected chi connectivity index (χ2v) is 6.11. The molecule has 0 radical (unpaired) electrons. The summed E-state index contributed by atoms with van der Waals surface area (Å²) in [5, 5.41) is 5.54. The Labute approximate surface area is 137 Å². The van der Waals surface area contributed by atoms with Crippen molar-refractivity contribution in [3.63, 3.8) is 0 Å². The van der Waals surface area contributed by atoms with E-state index in [1.54, 1.807) is 6.08 Å². The summed E-state index contributed by atoms with van der Waals surface area (Å²) >= 11 is 0. The van der Waals surface area contributed by atoms with E-state index in [4.69, 9.17) is 4.74 Å². The molecule has 2 rings (SSSR count). The van der Waals surface area contributed by atoms with E-state index in [-0.39, 0.29) is 17.9 Å². The van der Waals surface area contributed by atoms with E-state index in [1.165, 1.54) is 0 Å². The maximum atomic E-state index is 12.3. The van der Waals surface area contributed by atoms with Crippen molar-refractivity contribution in [3.8, 4) is 0 Å². The summed E-state index contributed by atoms with van der Waals surface area (Å²) in [6.07, 6.45) is 1.46. The zero-order chi connectivity index (χ0) is 16.8. The summed E-state index contributed by atoms with van der Waals surface area (Å²) in [4.78, 5) is 24.5. The van der Waals surface area contributed by atoms with Crippen molar-refractivity contribution in [2.45, 2.75) is 38.5 Å². The molecule has 5 nitrogen and oxygen atoms in total. The first-order valence-corrected chi connectivity index (χ1v) is 7.92. The lowest BCUT2D eigenvalue weighted by Gasteiger charge is -2.19. The first-order valence-electron chi connectivity index (χ1n) is 7.92. The zero-order valence-electron chi connectivity index (χ0n) is 13.6. The molecule has 1 aromatic carbocycles. The van der Waals surface area contributed by atoms with Crippen LogP contribution in [0.5, 0.6) is 0 Å². The highest BCUT2D eigenvalue weighted by atomic mass is 16.6. The fraction of sp³-hybridized carbons (Fsp3) is 0.444. The van der Waals surface area contributed by atoms with Crippen LogP contribution in [0.25, 0.3) is 0 Å². The van der Waals surface area contributed by atoms with Gasteiger partial charge in [0.2, 0.25) is 5.91 Å². The quantitative estimate of drug-likeness (QED) is 0.569. The van der Waals surface area contributed by atoms with Gasteiger partial charge in [0, 0.05) is 6.54 Å². The van der Waals surface area contributed by atoms with Gasteiger partial charge < -0.3 is 15.4 Å². The molecule has 2 unspecified atom stereocenters. The van der Waals surface area contributed by atoms with Gasteiger partial charge in [-0.2, -0.15) is 0 Å². The van der Waals surface area contributed by atoms with Crippen LogP contribution in [-0.2, 0) is 14.3 Å². The molecule has 124 valence electrons. The summed E-state index contributed by atoms with van der Waals surface area (Å²) < 4.78 is 5.47. The molecule has 1 heterocycles. The molecule has 0 spiro atoms. The fourth-order valence-electron chi connectivity index (χ4n) is 2.46. The third-order valence-corrected chi connectivity index (χ3v) is 3.64. The average molecular weight is 316 g/mol. The van der Waals surface area contributed by atoms with Crippen LogP contribution in [0, 0.1) is 5.92 Å². The third-order valence-electron chi connectivity index (χ3n) is 3.64. The van der Waals surface area contributed by atoms with Crippen LogP contribution >= 0.6 is 0 Å². The Bertz CT molecular complexity index is 557. The molecule has 1 aliphatic rings. The van der Waals surface area contributed by atoms with Crippen molar-refractivity contribution >= 4 is 11.8 Å². The average Bonchev–Trinajstić information content (AvgIpc) is 3.33. The van der Waals surface area contributed by atoms with E-state index in [2.05, 4.69) is 17.2 Å². The second kappa shape index (κ2) is 7.92. The monoisotopic (exact) mass is 316 g/mol. The van der Waals surface area contributed by atoms with Crippen molar-refractivity contribution in [3.05, 3.63) is 48.6 Å². The van der Waals surface area contributed by atoms with E-state index in [0.29, 0.717) is 18.9 Å². The van der Waals surface area contributed by atoms with E-state index in [9.17, 15) is 9.59 Å². The highest BCUT2D eigenvalue weighted by Crippen LogP contribution is 2.38. The van der Waals surface area contributed by atoms with E-state index >= 15 is 0 Å². The number of nitrogens with one attached hydrogen (secondary N) is 2. The van der Waals surface area contributed by atoms with Gasteiger partial charge in [0.25, 0.3) is 5.91 Å². The topological polar surface area (TPSA) is 70.7 Å². The summed E-state index contributed by atoms with van der Waals surface area (Å²) in [5.74, 6) is -0.137. The van der Waals surface area contributed by atoms with Gasteiger partial charge in [0.1, 0.15) is 12.1 Å². The number of benzene rings is 1. The molecule has 1 saturated heterocycles. The van der Waals surface area contributed by atoms with Crippen LogP contribution in [-0.4, -0.2) is 30.5 Å². The number of carbonyl (C=O) groups is 2. The van der Waals surface area contributed by atoms with Gasteiger partial charge in [0.05, 0.1) is 0 Å². The molecule has 1 aromatic rings. The van der Waals surface area contributed by atoms with Crippen molar-refractivity contribution < 1.29 is 14.3 Å². The van der Waals surface area contributed by atoms with Gasteiger partial charge >= 0.3 is 0 Å². The van der Waals surface area contributed by atoms with Crippen LogP contribution in [0.4, 0.5) is 0 Å². The Kier molecular flexibility index (Phi) is 5.93. The smallest absolute Gasteiger partial charge is 0.252 e. The number of epoxide rings is 1. The summed E-state index contributed by atoms with van der Waals surface area (Å²) in [5.41, 5.74) is 0.976. The Morgan fingerprint density at radius 3 is 2.61 bits per heavy atom. The largest absolute Gasteiger partial charge is 0.354 e. The van der Waals surface area contributed by atoms with Crippen LogP contribution in [0.1, 0.15) is 31.9 Å². The van der Waals surface area contributed by atoms with Crippen molar-refractivity contribution in [1.29, 1.82) is 0 Å². The molecule has 1 aliphatic heterocycles. The molecular formula is C18H24N2O3. The van der Waals surface area contributed by atoms with Gasteiger partial charge in [-0.1, -0.05) is 50.3 Å². The molecule has 5 heteroatoms. The van der Waals surface area contributed by atoms with Crippen LogP contribution in [0.3, 0.4) is 0 Å². The maximum absolute atomic E-state index is 12.3. The van der Waals surface area contributed by atoms with Crippen LogP contribution < -0.4 is 10.6 Å². The predicted molar refractivity (Wildman–Crippen MR) is 88.6 cm³/mol. The zero-order valence-corrected chi connectivity index (χ0v) is 13.6. The number of hydrogen-bond acceptors (Lipinski definition) is 3. The number of hydrogen-bond donors (Lipinski definition) is 2. The predicted octanol–water partition coefficient (Wildman–Crippen LogP) is 1.96. The van der Waals surface area contributed by atoms with E-state index < -0.39 is 12.1 Å². The summed E-state index contributed by atoms with van der Waals surface area (Å²) in [6.45, 7) is 7.99. The molecule has 1 fully saturated rings. The van der Waals surface area contributed by atoms with Gasteiger partial charge in [-0.25, -0.2) is 0 Å². The van der Waals surface area contributed by atoms with Crippen molar-refractivity contribution in [2.24, 2.45) is 5.92 Å². The molecule has 0 saturated carbocycles. The lowest BCUT2D eigenvalue weighted by atomic mass is 10.0. The highest BCUT2D eigenvalue weighted by Gasteiger charge is 2.46. The summed E-state index contributed by atoms with van der Waals surface area (Å²) in [7, 11) is 0. The molecule has 2 N–H and O–H groups in total. The molecule has 0 aromatic heterocycles. The van der Waals surface area contributed by atoms with Gasteiger partial charge in [-0.15, -0.1) is 6.58 Å². The number of carbonyl (C=O) groups excluding carboxylic acids is 2. The highest BCUT2D eigenvalue weighted by molar-refractivity contribution is 5.90.